The first-order valence-electron chi connectivity index (χ1n) is 16.7. The van der Waals surface area contributed by atoms with Gasteiger partial charge in [-0.05, 0) is 80.9 Å². The van der Waals surface area contributed by atoms with Crippen molar-refractivity contribution in [2.75, 3.05) is 63.6 Å². The van der Waals surface area contributed by atoms with Gasteiger partial charge in [0.05, 0.1) is 16.7 Å². The number of benzene rings is 3. The fourth-order valence-electron chi connectivity index (χ4n) is 7.41. The molecule has 0 saturated carbocycles. The van der Waals surface area contributed by atoms with Gasteiger partial charge in [-0.3, -0.25) is 14.5 Å². The maximum absolute atomic E-state index is 13.7. The van der Waals surface area contributed by atoms with Crippen LogP contribution in [-0.2, 0) is 11.3 Å². The number of piperazine rings is 1. The Labute approximate surface area is 271 Å². The monoisotopic (exact) mass is 619 g/mol. The highest BCUT2D eigenvalue weighted by molar-refractivity contribution is 6.03. The summed E-state index contributed by atoms with van der Waals surface area (Å²) in [6, 6.07) is 22.6. The van der Waals surface area contributed by atoms with Gasteiger partial charge in [-0.25, -0.2) is 4.98 Å². The van der Waals surface area contributed by atoms with Crippen molar-refractivity contribution in [2.45, 2.75) is 45.3 Å². The van der Waals surface area contributed by atoms with Crippen molar-refractivity contribution < 1.29 is 9.59 Å². The maximum Gasteiger partial charge on any atom is 0.253 e. The number of likely N-dealkylation sites (tertiary alicyclic amines) is 1. The van der Waals surface area contributed by atoms with Gasteiger partial charge in [-0.1, -0.05) is 44.2 Å². The molecule has 0 aliphatic carbocycles. The zero-order valence-corrected chi connectivity index (χ0v) is 27.4. The fourth-order valence-corrected chi connectivity index (χ4v) is 7.41. The third-order valence-corrected chi connectivity index (χ3v) is 10.2. The summed E-state index contributed by atoms with van der Waals surface area (Å²) in [5, 5.41) is 3.21. The summed E-state index contributed by atoms with van der Waals surface area (Å²) < 4.78 is 2.09. The molecule has 0 radical (unpaired) electrons. The summed E-state index contributed by atoms with van der Waals surface area (Å²) in [6.45, 7) is 10.9. The van der Waals surface area contributed by atoms with Crippen LogP contribution in [0.15, 0.2) is 66.7 Å². The van der Waals surface area contributed by atoms with E-state index >= 15 is 0 Å². The summed E-state index contributed by atoms with van der Waals surface area (Å²) in [4.78, 5) is 41.7. The van der Waals surface area contributed by atoms with E-state index in [1.807, 2.05) is 36.2 Å². The summed E-state index contributed by atoms with van der Waals surface area (Å²) in [6.07, 6.45) is 1.96. The molecule has 240 valence electrons. The molecule has 1 N–H and O–H groups in total. The van der Waals surface area contributed by atoms with Crippen molar-refractivity contribution in [1.29, 1.82) is 0 Å². The Morgan fingerprint density at radius 3 is 2.41 bits per heavy atom. The molecule has 46 heavy (non-hydrogen) atoms. The number of nitrogens with zero attached hydrogens (tertiary/aromatic N) is 6. The van der Waals surface area contributed by atoms with Crippen molar-refractivity contribution in [3.63, 3.8) is 0 Å². The zero-order valence-electron chi connectivity index (χ0n) is 27.4. The molecule has 2 fully saturated rings. The highest BCUT2D eigenvalue weighted by Gasteiger charge is 2.34. The van der Waals surface area contributed by atoms with Gasteiger partial charge in [0, 0.05) is 62.6 Å². The van der Waals surface area contributed by atoms with Gasteiger partial charge in [0.15, 0.2) is 0 Å². The van der Waals surface area contributed by atoms with Gasteiger partial charge in [-0.15, -0.1) is 0 Å². The molecule has 2 amide bonds. The molecule has 9 nitrogen and oxygen atoms in total. The van der Waals surface area contributed by atoms with E-state index in [1.165, 1.54) is 5.56 Å². The van der Waals surface area contributed by atoms with Gasteiger partial charge >= 0.3 is 0 Å². The number of hydrogen-bond donors (Lipinski definition) is 1. The van der Waals surface area contributed by atoms with E-state index in [2.05, 4.69) is 87.9 Å². The van der Waals surface area contributed by atoms with E-state index in [9.17, 15) is 9.59 Å². The first-order valence-corrected chi connectivity index (χ1v) is 16.7. The largest absolute Gasteiger partial charge is 0.369 e. The molecule has 3 aliphatic rings. The van der Waals surface area contributed by atoms with Gasteiger partial charge in [0.25, 0.3) is 5.91 Å². The van der Waals surface area contributed by atoms with Crippen LogP contribution in [0.3, 0.4) is 0 Å². The number of imidazole rings is 1. The van der Waals surface area contributed by atoms with Gasteiger partial charge in [0.2, 0.25) is 5.91 Å². The third kappa shape index (κ3) is 5.78. The number of nitrogens with one attached hydrogen (secondary N) is 1. The van der Waals surface area contributed by atoms with Gasteiger partial charge < -0.3 is 24.6 Å². The Balaban J connectivity index is 1.20. The topological polar surface area (TPSA) is 76.9 Å². The lowest BCUT2D eigenvalue weighted by Gasteiger charge is -2.36. The Morgan fingerprint density at radius 2 is 1.70 bits per heavy atom. The molecule has 3 aliphatic heterocycles. The summed E-state index contributed by atoms with van der Waals surface area (Å²) >= 11 is 0. The Kier molecular flexibility index (Phi) is 8.29. The van der Waals surface area contributed by atoms with Crippen molar-refractivity contribution >= 4 is 34.2 Å². The molecule has 2 saturated heterocycles. The third-order valence-electron chi connectivity index (χ3n) is 10.2. The SMILES string of the molecule is CC(C)[C@H]1C(=O)Nc2ccc(N3CCN(Cc4ccccc4)CC3)cc2-c2nc3cc(C(=O)N(C)C4CCN(C)CC4)ccc3n21. The quantitative estimate of drug-likeness (QED) is 0.314. The summed E-state index contributed by atoms with van der Waals surface area (Å²) in [5.41, 5.74) is 6.40. The molecular formula is C37H45N7O2. The molecule has 1 aromatic heterocycles. The second kappa shape index (κ2) is 12.5. The fraction of sp³-hybridized carbons (Fsp3) is 0.432. The van der Waals surface area contributed by atoms with Crippen LogP contribution in [-0.4, -0.2) is 95.5 Å². The van der Waals surface area contributed by atoms with E-state index in [0.717, 1.165) is 92.5 Å². The van der Waals surface area contributed by atoms with E-state index in [1.54, 1.807) is 0 Å². The van der Waals surface area contributed by atoms with Crippen LogP contribution in [0.4, 0.5) is 11.4 Å². The average molecular weight is 620 g/mol. The number of hydrogen-bond acceptors (Lipinski definition) is 6. The van der Waals surface area contributed by atoms with Crippen LogP contribution >= 0.6 is 0 Å². The van der Waals surface area contributed by atoms with Crippen LogP contribution in [0.5, 0.6) is 0 Å². The smallest absolute Gasteiger partial charge is 0.253 e. The number of rotatable bonds is 6. The van der Waals surface area contributed by atoms with Crippen molar-refractivity contribution in [2.24, 2.45) is 5.92 Å². The second-order valence-corrected chi connectivity index (χ2v) is 13.6. The maximum atomic E-state index is 13.7. The predicted molar refractivity (Wildman–Crippen MR) is 184 cm³/mol. The van der Waals surface area contributed by atoms with E-state index < -0.39 is 6.04 Å². The predicted octanol–water partition coefficient (Wildman–Crippen LogP) is 5.34. The van der Waals surface area contributed by atoms with Gasteiger partial charge in [-0.2, -0.15) is 0 Å². The lowest BCUT2D eigenvalue weighted by molar-refractivity contribution is -0.120. The average Bonchev–Trinajstić information content (AvgIpc) is 3.37. The minimum absolute atomic E-state index is 0.0203. The molecule has 0 spiro atoms. The zero-order chi connectivity index (χ0) is 31.9. The standard InChI is InChI=1S/C37H45N7O2/c1-25(2)34-36(45)39-31-12-11-29(43-20-18-42(19-21-43)24-26-8-6-5-7-9-26)23-30(31)35-38-32-22-27(10-13-33(32)44(34)35)37(46)41(4)28-14-16-40(3)17-15-28/h5-13,22-23,25,28,34H,14-21,24H2,1-4H3,(H,39,45)/t34-/m0/s1. The molecule has 4 aromatic rings. The molecule has 9 heteroatoms. The normalized spacial score (nSPS) is 19.5. The molecule has 1 atom stereocenters. The number of fused-ring (bicyclic) bond motifs is 5. The first kappa shape index (κ1) is 30.4. The second-order valence-electron chi connectivity index (χ2n) is 13.6. The lowest BCUT2D eigenvalue weighted by Crippen LogP contribution is -2.45. The van der Waals surface area contributed by atoms with Crippen LogP contribution in [0.25, 0.3) is 22.4 Å². The van der Waals surface area contributed by atoms with E-state index in [-0.39, 0.29) is 23.8 Å². The van der Waals surface area contributed by atoms with Crippen molar-refractivity contribution in [3.05, 3.63) is 77.9 Å². The van der Waals surface area contributed by atoms with Crippen molar-refractivity contribution in [3.8, 4) is 11.4 Å². The van der Waals surface area contributed by atoms with Crippen LogP contribution in [0, 0.1) is 5.92 Å². The van der Waals surface area contributed by atoms with Crippen LogP contribution in [0.2, 0.25) is 0 Å². The highest BCUT2D eigenvalue weighted by atomic mass is 16.2. The van der Waals surface area contributed by atoms with Crippen molar-refractivity contribution in [1.82, 2.24) is 24.3 Å². The number of carbonyl (C=O) groups is 2. The number of piperidine rings is 1. The summed E-state index contributed by atoms with van der Waals surface area (Å²) in [5.74, 6) is 0.782. The molecule has 7 rings (SSSR count). The molecule has 4 heterocycles. The number of amides is 2. The highest BCUT2D eigenvalue weighted by Crippen LogP contribution is 2.41. The Bertz CT molecular complexity index is 1730. The van der Waals surface area contributed by atoms with E-state index in [0.29, 0.717) is 5.56 Å². The number of aromatic nitrogens is 2. The Morgan fingerprint density at radius 1 is 0.957 bits per heavy atom. The lowest BCUT2D eigenvalue weighted by atomic mass is 10.0. The minimum Gasteiger partial charge on any atom is -0.369 e. The molecular weight excluding hydrogens is 574 g/mol. The minimum atomic E-state index is -0.430. The molecule has 0 unspecified atom stereocenters. The van der Waals surface area contributed by atoms with Crippen LogP contribution < -0.4 is 10.2 Å². The van der Waals surface area contributed by atoms with Gasteiger partial charge in [0.1, 0.15) is 11.9 Å². The first-order chi connectivity index (χ1) is 22.3. The Hall–Kier alpha value is -4.21. The number of carbonyl (C=O) groups excluding carboxylic acids is 2. The molecule has 3 aromatic carbocycles. The van der Waals surface area contributed by atoms with E-state index in [4.69, 9.17) is 4.98 Å². The number of anilines is 2. The molecule has 0 bridgehead atoms. The summed E-state index contributed by atoms with van der Waals surface area (Å²) in [7, 11) is 4.05. The van der Waals surface area contributed by atoms with Crippen LogP contribution in [0.1, 0.15) is 48.7 Å².